The second kappa shape index (κ2) is 8.51. The third-order valence-corrected chi connectivity index (χ3v) is 3.99. The molecule has 3 N–H and O–H groups in total. The van der Waals surface area contributed by atoms with Gasteiger partial charge in [-0.05, 0) is 39.2 Å². The van der Waals surface area contributed by atoms with Crippen molar-refractivity contribution in [3.05, 3.63) is 0 Å². The number of rotatable bonds is 8. The SMILES string of the molecule is CCCCN(CC1CCC(C(=O)NN)O1)C(C)CC. The average molecular weight is 271 g/mol. The summed E-state index contributed by atoms with van der Waals surface area (Å²) in [6.45, 7) is 8.71. The molecule has 5 nitrogen and oxygen atoms in total. The minimum atomic E-state index is -0.361. The van der Waals surface area contributed by atoms with Crippen LogP contribution in [0.3, 0.4) is 0 Å². The normalized spacial score (nSPS) is 24.7. The summed E-state index contributed by atoms with van der Waals surface area (Å²) >= 11 is 0. The van der Waals surface area contributed by atoms with E-state index < -0.39 is 0 Å². The number of carbonyl (C=O) groups is 1. The number of nitrogens with zero attached hydrogens (tertiary/aromatic N) is 1. The van der Waals surface area contributed by atoms with Gasteiger partial charge in [-0.25, -0.2) is 5.84 Å². The highest BCUT2D eigenvalue weighted by Crippen LogP contribution is 2.22. The van der Waals surface area contributed by atoms with Crippen LogP contribution in [0.4, 0.5) is 0 Å². The molecule has 1 amide bonds. The van der Waals surface area contributed by atoms with Crippen LogP contribution in [0.25, 0.3) is 0 Å². The largest absolute Gasteiger partial charge is 0.364 e. The third kappa shape index (κ3) is 5.09. The van der Waals surface area contributed by atoms with Crippen molar-refractivity contribution < 1.29 is 9.53 Å². The Morgan fingerprint density at radius 3 is 2.79 bits per heavy atom. The number of carbonyl (C=O) groups excluding carboxylic acids is 1. The first-order chi connectivity index (χ1) is 9.12. The summed E-state index contributed by atoms with van der Waals surface area (Å²) < 4.78 is 5.79. The molecule has 0 aromatic carbocycles. The van der Waals surface area contributed by atoms with Crippen molar-refractivity contribution in [1.82, 2.24) is 10.3 Å². The Hall–Kier alpha value is -0.650. The van der Waals surface area contributed by atoms with Crippen LogP contribution in [-0.4, -0.2) is 42.1 Å². The first-order valence-corrected chi connectivity index (χ1v) is 7.52. The summed E-state index contributed by atoms with van der Waals surface area (Å²) in [4.78, 5) is 13.9. The van der Waals surface area contributed by atoms with Crippen LogP contribution in [0.1, 0.15) is 52.9 Å². The molecule has 0 saturated carbocycles. The molecule has 0 aromatic heterocycles. The predicted molar refractivity (Wildman–Crippen MR) is 76.5 cm³/mol. The van der Waals surface area contributed by atoms with E-state index in [4.69, 9.17) is 10.6 Å². The Kier molecular flexibility index (Phi) is 7.34. The Morgan fingerprint density at radius 2 is 2.21 bits per heavy atom. The smallest absolute Gasteiger partial charge is 0.263 e. The van der Waals surface area contributed by atoms with Crippen LogP contribution in [0.2, 0.25) is 0 Å². The molecule has 0 radical (unpaired) electrons. The van der Waals surface area contributed by atoms with Crippen LogP contribution < -0.4 is 11.3 Å². The standard InChI is InChI=1S/C14H29N3O2/c1-4-6-9-17(11(3)5-2)10-12-7-8-13(19-12)14(18)16-15/h11-13H,4-10,15H2,1-3H3,(H,16,18). The number of unbranched alkanes of at least 4 members (excludes halogenated alkanes) is 1. The summed E-state index contributed by atoms with van der Waals surface area (Å²) in [5.41, 5.74) is 2.17. The zero-order valence-corrected chi connectivity index (χ0v) is 12.5. The molecule has 1 rings (SSSR count). The fourth-order valence-electron chi connectivity index (χ4n) is 2.50. The summed E-state index contributed by atoms with van der Waals surface area (Å²) in [6.07, 6.45) is 5.07. The van der Waals surface area contributed by atoms with Crippen molar-refractivity contribution in [3.8, 4) is 0 Å². The van der Waals surface area contributed by atoms with Gasteiger partial charge in [0.1, 0.15) is 6.10 Å². The van der Waals surface area contributed by atoms with E-state index in [0.717, 1.165) is 32.4 Å². The summed E-state index contributed by atoms with van der Waals surface area (Å²) in [6, 6.07) is 0.567. The van der Waals surface area contributed by atoms with Gasteiger partial charge in [0.2, 0.25) is 0 Å². The lowest BCUT2D eigenvalue weighted by atomic mass is 10.1. The van der Waals surface area contributed by atoms with Gasteiger partial charge >= 0.3 is 0 Å². The van der Waals surface area contributed by atoms with Crippen molar-refractivity contribution >= 4 is 5.91 Å². The summed E-state index contributed by atoms with van der Waals surface area (Å²) in [5, 5.41) is 0. The van der Waals surface area contributed by atoms with Gasteiger partial charge in [-0.1, -0.05) is 20.3 Å². The Labute approximate surface area is 116 Å². The topological polar surface area (TPSA) is 67.6 Å². The maximum absolute atomic E-state index is 11.4. The lowest BCUT2D eigenvalue weighted by molar-refractivity contribution is -0.132. The van der Waals surface area contributed by atoms with E-state index in [1.807, 2.05) is 0 Å². The molecule has 1 aliphatic rings. The Balaban J connectivity index is 2.44. The van der Waals surface area contributed by atoms with Crippen LogP contribution in [0.15, 0.2) is 0 Å². The van der Waals surface area contributed by atoms with E-state index in [1.165, 1.54) is 12.8 Å². The first-order valence-electron chi connectivity index (χ1n) is 7.52. The number of nitrogens with one attached hydrogen (secondary N) is 1. The molecule has 112 valence electrons. The van der Waals surface area contributed by atoms with E-state index in [2.05, 4.69) is 31.1 Å². The van der Waals surface area contributed by atoms with Crippen molar-refractivity contribution in [1.29, 1.82) is 0 Å². The number of amides is 1. The summed E-state index contributed by atoms with van der Waals surface area (Å²) in [7, 11) is 0. The lowest BCUT2D eigenvalue weighted by Gasteiger charge is -2.30. The van der Waals surface area contributed by atoms with Gasteiger partial charge in [0.05, 0.1) is 6.10 Å². The molecule has 1 aliphatic heterocycles. The molecular formula is C14H29N3O2. The Morgan fingerprint density at radius 1 is 1.47 bits per heavy atom. The molecule has 3 unspecified atom stereocenters. The maximum Gasteiger partial charge on any atom is 0.263 e. The fraction of sp³-hybridized carbons (Fsp3) is 0.929. The highest BCUT2D eigenvalue weighted by Gasteiger charge is 2.31. The molecule has 1 fully saturated rings. The first kappa shape index (κ1) is 16.4. The number of ether oxygens (including phenoxy) is 1. The molecule has 0 aromatic rings. The van der Waals surface area contributed by atoms with E-state index in [9.17, 15) is 4.79 Å². The summed E-state index contributed by atoms with van der Waals surface area (Å²) in [5.74, 6) is 4.94. The van der Waals surface area contributed by atoms with Gasteiger partial charge in [-0.2, -0.15) is 0 Å². The van der Waals surface area contributed by atoms with Crippen LogP contribution >= 0.6 is 0 Å². The zero-order valence-electron chi connectivity index (χ0n) is 12.5. The number of hydrogen-bond donors (Lipinski definition) is 2. The molecule has 3 atom stereocenters. The van der Waals surface area contributed by atoms with Gasteiger partial charge in [0.15, 0.2) is 0 Å². The molecule has 0 spiro atoms. The van der Waals surface area contributed by atoms with E-state index in [-0.39, 0.29) is 18.1 Å². The van der Waals surface area contributed by atoms with Crippen LogP contribution in [0.5, 0.6) is 0 Å². The van der Waals surface area contributed by atoms with Crippen molar-refractivity contribution in [2.75, 3.05) is 13.1 Å². The monoisotopic (exact) mass is 271 g/mol. The minimum Gasteiger partial charge on any atom is -0.364 e. The van der Waals surface area contributed by atoms with E-state index >= 15 is 0 Å². The highest BCUT2D eigenvalue weighted by molar-refractivity contribution is 5.80. The number of hydrazine groups is 1. The van der Waals surface area contributed by atoms with Gasteiger partial charge in [0, 0.05) is 12.6 Å². The number of hydrogen-bond acceptors (Lipinski definition) is 4. The molecular weight excluding hydrogens is 242 g/mol. The van der Waals surface area contributed by atoms with E-state index in [1.54, 1.807) is 0 Å². The maximum atomic E-state index is 11.4. The second-order valence-electron chi connectivity index (χ2n) is 5.44. The predicted octanol–water partition coefficient (Wildman–Crippen LogP) is 1.42. The van der Waals surface area contributed by atoms with Gasteiger partial charge in [-0.3, -0.25) is 15.1 Å². The van der Waals surface area contributed by atoms with Gasteiger partial charge in [-0.15, -0.1) is 0 Å². The van der Waals surface area contributed by atoms with Crippen molar-refractivity contribution in [3.63, 3.8) is 0 Å². The van der Waals surface area contributed by atoms with Crippen LogP contribution in [0, 0.1) is 0 Å². The molecule has 5 heteroatoms. The third-order valence-electron chi connectivity index (χ3n) is 3.99. The minimum absolute atomic E-state index is 0.160. The Bertz CT molecular complexity index is 273. The van der Waals surface area contributed by atoms with E-state index in [0.29, 0.717) is 6.04 Å². The number of nitrogens with two attached hydrogens (primary N) is 1. The molecule has 1 saturated heterocycles. The lowest BCUT2D eigenvalue weighted by Crippen LogP contribution is -2.42. The molecule has 0 aliphatic carbocycles. The zero-order chi connectivity index (χ0) is 14.3. The molecule has 1 heterocycles. The quantitative estimate of drug-likeness (QED) is 0.398. The van der Waals surface area contributed by atoms with Gasteiger partial charge < -0.3 is 4.74 Å². The molecule has 0 bridgehead atoms. The molecule has 19 heavy (non-hydrogen) atoms. The van der Waals surface area contributed by atoms with Crippen molar-refractivity contribution in [2.45, 2.75) is 71.1 Å². The highest BCUT2D eigenvalue weighted by atomic mass is 16.5. The van der Waals surface area contributed by atoms with Crippen LogP contribution in [-0.2, 0) is 9.53 Å². The van der Waals surface area contributed by atoms with Gasteiger partial charge in [0.25, 0.3) is 5.91 Å². The van der Waals surface area contributed by atoms with Crippen molar-refractivity contribution in [2.24, 2.45) is 5.84 Å². The second-order valence-corrected chi connectivity index (χ2v) is 5.44. The average Bonchev–Trinajstić information content (AvgIpc) is 2.90. The fourth-order valence-corrected chi connectivity index (χ4v) is 2.50.